The molecule has 15 heavy (non-hydrogen) atoms. The zero-order chi connectivity index (χ0) is 10.8. The van der Waals surface area contributed by atoms with E-state index in [2.05, 4.69) is 5.32 Å². The summed E-state index contributed by atoms with van der Waals surface area (Å²) in [6.07, 6.45) is 0.977. The Balaban J connectivity index is 2.06. The molecule has 0 saturated carbocycles. The van der Waals surface area contributed by atoms with Gasteiger partial charge in [-0.3, -0.25) is 14.9 Å². The molecule has 0 aliphatic carbocycles. The number of imide groups is 1. The van der Waals surface area contributed by atoms with Crippen molar-refractivity contribution >= 4 is 11.8 Å². The first kappa shape index (κ1) is 9.90. The van der Waals surface area contributed by atoms with Gasteiger partial charge in [-0.15, -0.1) is 0 Å². The van der Waals surface area contributed by atoms with Gasteiger partial charge in [0.05, 0.1) is 5.92 Å². The zero-order valence-corrected chi connectivity index (χ0v) is 8.62. The molecule has 0 radical (unpaired) electrons. The van der Waals surface area contributed by atoms with Crippen LogP contribution in [0.15, 0.2) is 24.3 Å². The highest BCUT2D eigenvalue weighted by Gasteiger charge is 2.30. The lowest BCUT2D eigenvalue weighted by Gasteiger charge is -2.05. The van der Waals surface area contributed by atoms with Crippen molar-refractivity contribution in [3.8, 4) is 0 Å². The predicted molar refractivity (Wildman–Crippen MR) is 56.1 cm³/mol. The van der Waals surface area contributed by atoms with Crippen LogP contribution in [-0.2, 0) is 16.0 Å². The van der Waals surface area contributed by atoms with Gasteiger partial charge in [-0.2, -0.15) is 0 Å². The number of amides is 2. The standard InChI is InChI=1S/C12H13NO2/c1-8-2-4-9(5-3-8)6-10-7-11(14)13-12(10)15/h2-5,10H,6-7H2,1H3,(H,13,14,15). The molecule has 1 atom stereocenters. The van der Waals surface area contributed by atoms with Crippen molar-refractivity contribution in [1.82, 2.24) is 5.32 Å². The van der Waals surface area contributed by atoms with Crippen molar-refractivity contribution in [2.45, 2.75) is 19.8 Å². The first-order valence-electron chi connectivity index (χ1n) is 5.04. The van der Waals surface area contributed by atoms with Crippen LogP contribution in [-0.4, -0.2) is 11.8 Å². The van der Waals surface area contributed by atoms with Crippen molar-refractivity contribution in [2.24, 2.45) is 5.92 Å². The van der Waals surface area contributed by atoms with Gasteiger partial charge in [0.1, 0.15) is 0 Å². The quantitative estimate of drug-likeness (QED) is 0.734. The summed E-state index contributed by atoms with van der Waals surface area (Å²) in [5.41, 5.74) is 2.31. The molecule has 2 rings (SSSR count). The fraction of sp³-hybridized carbons (Fsp3) is 0.333. The van der Waals surface area contributed by atoms with E-state index < -0.39 is 0 Å². The lowest BCUT2D eigenvalue weighted by molar-refractivity contribution is -0.125. The van der Waals surface area contributed by atoms with Crippen LogP contribution in [0.5, 0.6) is 0 Å². The van der Waals surface area contributed by atoms with Crippen molar-refractivity contribution in [1.29, 1.82) is 0 Å². The SMILES string of the molecule is Cc1ccc(CC2CC(=O)NC2=O)cc1. The highest BCUT2D eigenvalue weighted by Crippen LogP contribution is 2.17. The van der Waals surface area contributed by atoms with Crippen molar-refractivity contribution < 1.29 is 9.59 Å². The van der Waals surface area contributed by atoms with Gasteiger partial charge in [-0.05, 0) is 18.9 Å². The highest BCUT2D eigenvalue weighted by molar-refractivity contribution is 6.03. The molecule has 0 bridgehead atoms. The molecule has 3 heteroatoms. The average Bonchev–Trinajstić information content (AvgIpc) is 2.49. The highest BCUT2D eigenvalue weighted by atomic mass is 16.2. The zero-order valence-electron chi connectivity index (χ0n) is 8.62. The molecule has 1 heterocycles. The topological polar surface area (TPSA) is 46.2 Å². The minimum atomic E-state index is -0.180. The third-order valence-electron chi connectivity index (χ3n) is 2.67. The van der Waals surface area contributed by atoms with E-state index in [-0.39, 0.29) is 17.7 Å². The van der Waals surface area contributed by atoms with E-state index in [4.69, 9.17) is 0 Å². The number of rotatable bonds is 2. The summed E-state index contributed by atoms with van der Waals surface area (Å²) in [7, 11) is 0. The Kier molecular flexibility index (Phi) is 2.54. The van der Waals surface area contributed by atoms with E-state index in [0.717, 1.165) is 5.56 Å². The van der Waals surface area contributed by atoms with Gasteiger partial charge in [0.2, 0.25) is 11.8 Å². The summed E-state index contributed by atoms with van der Waals surface area (Å²) < 4.78 is 0. The van der Waals surface area contributed by atoms with Crippen LogP contribution in [0.4, 0.5) is 0 Å². The molecular weight excluding hydrogens is 190 g/mol. The monoisotopic (exact) mass is 203 g/mol. The molecular formula is C12H13NO2. The number of benzene rings is 1. The largest absolute Gasteiger partial charge is 0.296 e. The van der Waals surface area contributed by atoms with Gasteiger partial charge in [-0.25, -0.2) is 0 Å². The number of aryl methyl sites for hydroxylation is 1. The molecule has 78 valence electrons. The molecule has 1 saturated heterocycles. The summed E-state index contributed by atoms with van der Waals surface area (Å²) in [6, 6.07) is 8.05. The smallest absolute Gasteiger partial charge is 0.230 e. The maximum Gasteiger partial charge on any atom is 0.230 e. The van der Waals surface area contributed by atoms with E-state index >= 15 is 0 Å². The second-order valence-corrected chi connectivity index (χ2v) is 4.00. The van der Waals surface area contributed by atoms with Gasteiger partial charge in [0, 0.05) is 6.42 Å². The molecule has 2 amide bonds. The number of carbonyl (C=O) groups is 2. The Bertz CT molecular complexity index is 395. The number of hydrogen-bond acceptors (Lipinski definition) is 2. The van der Waals surface area contributed by atoms with Crippen molar-refractivity contribution in [3.05, 3.63) is 35.4 Å². The molecule has 0 spiro atoms. The molecule has 1 N–H and O–H groups in total. The maximum atomic E-state index is 11.3. The molecule has 0 aromatic heterocycles. The lowest BCUT2D eigenvalue weighted by atomic mass is 9.97. The molecule has 1 aromatic carbocycles. The fourth-order valence-corrected chi connectivity index (χ4v) is 1.78. The Hall–Kier alpha value is -1.64. The Morgan fingerprint density at radius 3 is 2.47 bits per heavy atom. The van der Waals surface area contributed by atoms with E-state index in [9.17, 15) is 9.59 Å². The van der Waals surface area contributed by atoms with Crippen LogP contribution in [0.25, 0.3) is 0 Å². The first-order valence-corrected chi connectivity index (χ1v) is 5.04. The molecule has 3 nitrogen and oxygen atoms in total. The van der Waals surface area contributed by atoms with Crippen molar-refractivity contribution in [2.75, 3.05) is 0 Å². The molecule has 1 aromatic rings. The molecule has 1 unspecified atom stereocenters. The second kappa shape index (κ2) is 3.85. The van der Waals surface area contributed by atoms with Gasteiger partial charge in [-0.1, -0.05) is 29.8 Å². The number of hydrogen-bond donors (Lipinski definition) is 1. The third-order valence-corrected chi connectivity index (χ3v) is 2.67. The molecule has 1 aliphatic heterocycles. The average molecular weight is 203 g/mol. The van der Waals surface area contributed by atoms with Crippen LogP contribution in [0.2, 0.25) is 0 Å². The molecule has 1 aliphatic rings. The minimum Gasteiger partial charge on any atom is -0.296 e. The van der Waals surface area contributed by atoms with Crippen LogP contribution >= 0.6 is 0 Å². The van der Waals surface area contributed by atoms with E-state index in [1.807, 2.05) is 31.2 Å². The third kappa shape index (κ3) is 2.24. The fourth-order valence-electron chi connectivity index (χ4n) is 1.78. The van der Waals surface area contributed by atoms with E-state index in [1.165, 1.54) is 5.56 Å². The van der Waals surface area contributed by atoms with Gasteiger partial charge >= 0.3 is 0 Å². The van der Waals surface area contributed by atoms with Crippen LogP contribution in [0, 0.1) is 12.8 Å². The van der Waals surface area contributed by atoms with Gasteiger partial charge < -0.3 is 0 Å². The van der Waals surface area contributed by atoms with Gasteiger partial charge in [0.15, 0.2) is 0 Å². The summed E-state index contributed by atoms with van der Waals surface area (Å²) >= 11 is 0. The van der Waals surface area contributed by atoms with Crippen LogP contribution < -0.4 is 5.32 Å². The summed E-state index contributed by atoms with van der Waals surface area (Å²) in [6.45, 7) is 2.02. The van der Waals surface area contributed by atoms with Crippen LogP contribution in [0.1, 0.15) is 17.5 Å². The predicted octanol–water partition coefficient (Wildman–Crippen LogP) is 1.20. The van der Waals surface area contributed by atoms with Crippen molar-refractivity contribution in [3.63, 3.8) is 0 Å². The summed E-state index contributed by atoms with van der Waals surface area (Å²) in [5, 5.41) is 2.32. The van der Waals surface area contributed by atoms with Gasteiger partial charge in [0.25, 0.3) is 0 Å². The Morgan fingerprint density at radius 1 is 1.27 bits per heavy atom. The van der Waals surface area contributed by atoms with Crippen LogP contribution in [0.3, 0.4) is 0 Å². The number of nitrogens with one attached hydrogen (secondary N) is 1. The minimum absolute atomic E-state index is 0.138. The normalized spacial score (nSPS) is 20.5. The maximum absolute atomic E-state index is 11.3. The van der Waals surface area contributed by atoms with E-state index in [0.29, 0.717) is 12.8 Å². The Labute approximate surface area is 88.5 Å². The second-order valence-electron chi connectivity index (χ2n) is 4.00. The molecule has 1 fully saturated rings. The number of carbonyl (C=O) groups excluding carboxylic acids is 2. The summed E-state index contributed by atoms with van der Waals surface area (Å²) in [5.74, 6) is -0.474. The van der Waals surface area contributed by atoms with E-state index in [1.54, 1.807) is 0 Å². The lowest BCUT2D eigenvalue weighted by Crippen LogP contribution is -2.22. The summed E-state index contributed by atoms with van der Waals surface area (Å²) in [4.78, 5) is 22.3. The Morgan fingerprint density at radius 2 is 1.93 bits per heavy atom. The first-order chi connectivity index (χ1) is 7.15.